The predicted molar refractivity (Wildman–Crippen MR) is 35.2 cm³/mol. The van der Waals surface area contributed by atoms with Gasteiger partial charge in [0.1, 0.15) is 0 Å². The SMILES string of the molecule is O/N=C1\CC1c1cnc[nH]1. The summed E-state index contributed by atoms with van der Waals surface area (Å²) in [6.07, 6.45) is 4.24. The molecular weight excluding hydrogens is 130 g/mol. The van der Waals surface area contributed by atoms with Crippen molar-refractivity contribution < 1.29 is 5.21 Å². The zero-order valence-electron chi connectivity index (χ0n) is 5.28. The molecule has 0 aliphatic heterocycles. The van der Waals surface area contributed by atoms with Crippen molar-refractivity contribution in [2.75, 3.05) is 0 Å². The van der Waals surface area contributed by atoms with Crippen molar-refractivity contribution >= 4 is 5.71 Å². The molecule has 0 spiro atoms. The molecule has 52 valence electrons. The molecule has 0 amide bonds. The first-order chi connectivity index (χ1) is 4.92. The first kappa shape index (κ1) is 5.46. The van der Waals surface area contributed by atoms with Gasteiger partial charge in [-0.25, -0.2) is 4.98 Å². The van der Waals surface area contributed by atoms with Gasteiger partial charge >= 0.3 is 0 Å². The Hall–Kier alpha value is -1.32. The number of hydrogen-bond donors (Lipinski definition) is 2. The third-order valence-electron chi connectivity index (χ3n) is 1.68. The van der Waals surface area contributed by atoms with Crippen LogP contribution >= 0.6 is 0 Å². The van der Waals surface area contributed by atoms with E-state index in [0.29, 0.717) is 5.92 Å². The fraction of sp³-hybridized carbons (Fsp3) is 0.333. The van der Waals surface area contributed by atoms with Crippen molar-refractivity contribution in [2.45, 2.75) is 12.3 Å². The van der Waals surface area contributed by atoms with Gasteiger partial charge in [0, 0.05) is 24.2 Å². The lowest BCUT2D eigenvalue weighted by Crippen LogP contribution is -1.79. The zero-order chi connectivity index (χ0) is 6.97. The number of oxime groups is 1. The van der Waals surface area contributed by atoms with Gasteiger partial charge in [-0.2, -0.15) is 0 Å². The van der Waals surface area contributed by atoms with E-state index in [0.717, 1.165) is 17.8 Å². The lowest BCUT2D eigenvalue weighted by molar-refractivity contribution is 0.320. The van der Waals surface area contributed by atoms with Crippen molar-refractivity contribution in [3.05, 3.63) is 18.2 Å². The maximum Gasteiger partial charge on any atom is 0.0921 e. The largest absolute Gasteiger partial charge is 0.411 e. The summed E-state index contributed by atoms with van der Waals surface area (Å²) in [5, 5.41) is 11.4. The number of imidazole rings is 1. The molecule has 1 aromatic heterocycles. The van der Waals surface area contributed by atoms with Crippen molar-refractivity contribution in [3.63, 3.8) is 0 Å². The Balaban J connectivity index is 2.19. The van der Waals surface area contributed by atoms with Gasteiger partial charge in [-0.1, -0.05) is 5.16 Å². The minimum Gasteiger partial charge on any atom is -0.411 e. The Kier molecular flexibility index (Phi) is 1.00. The van der Waals surface area contributed by atoms with Crippen LogP contribution in [0.1, 0.15) is 18.0 Å². The van der Waals surface area contributed by atoms with E-state index in [-0.39, 0.29) is 0 Å². The van der Waals surface area contributed by atoms with Crippen LogP contribution in [0.3, 0.4) is 0 Å². The van der Waals surface area contributed by atoms with E-state index in [4.69, 9.17) is 5.21 Å². The average Bonchev–Trinajstić information content (AvgIpc) is 2.56. The summed E-state index contributed by atoms with van der Waals surface area (Å²) in [6, 6.07) is 0. The summed E-state index contributed by atoms with van der Waals surface area (Å²) >= 11 is 0. The number of H-pyrrole nitrogens is 1. The first-order valence-corrected chi connectivity index (χ1v) is 3.11. The van der Waals surface area contributed by atoms with Crippen molar-refractivity contribution in [1.29, 1.82) is 0 Å². The molecular formula is C6H7N3O. The Morgan fingerprint density at radius 1 is 1.80 bits per heavy atom. The maximum absolute atomic E-state index is 8.33. The molecule has 0 bridgehead atoms. The fourth-order valence-electron chi connectivity index (χ4n) is 1.01. The highest BCUT2D eigenvalue weighted by atomic mass is 16.4. The van der Waals surface area contributed by atoms with Crippen LogP contribution in [0.15, 0.2) is 17.7 Å². The minimum absolute atomic E-state index is 0.299. The number of hydrogen-bond acceptors (Lipinski definition) is 3. The molecule has 2 N–H and O–H groups in total. The third-order valence-corrected chi connectivity index (χ3v) is 1.68. The molecule has 0 saturated heterocycles. The van der Waals surface area contributed by atoms with Crippen LogP contribution in [-0.4, -0.2) is 20.9 Å². The van der Waals surface area contributed by atoms with Gasteiger partial charge in [0.25, 0.3) is 0 Å². The van der Waals surface area contributed by atoms with Crippen LogP contribution in [0.2, 0.25) is 0 Å². The number of nitrogens with zero attached hydrogens (tertiary/aromatic N) is 2. The van der Waals surface area contributed by atoms with E-state index in [2.05, 4.69) is 15.1 Å². The molecule has 1 fully saturated rings. The normalized spacial score (nSPS) is 27.2. The summed E-state index contributed by atoms with van der Waals surface area (Å²) in [5.41, 5.74) is 1.87. The number of rotatable bonds is 1. The molecule has 0 aromatic carbocycles. The molecule has 2 rings (SSSR count). The molecule has 4 nitrogen and oxygen atoms in total. The molecule has 1 saturated carbocycles. The molecule has 4 heteroatoms. The Labute approximate surface area is 57.6 Å². The quantitative estimate of drug-likeness (QED) is 0.442. The number of nitrogens with one attached hydrogen (secondary N) is 1. The van der Waals surface area contributed by atoms with Crippen molar-refractivity contribution in [2.24, 2.45) is 5.16 Å². The molecule has 1 heterocycles. The summed E-state index contributed by atoms with van der Waals surface area (Å²) < 4.78 is 0. The van der Waals surface area contributed by atoms with Gasteiger partial charge in [-0.15, -0.1) is 0 Å². The third kappa shape index (κ3) is 0.689. The minimum atomic E-state index is 0.299. The highest BCUT2D eigenvalue weighted by Gasteiger charge is 2.35. The van der Waals surface area contributed by atoms with Gasteiger partial charge in [0.05, 0.1) is 12.0 Å². The standard InChI is InChI=1S/C6H7N3O/c10-9-5-1-4(5)6-2-7-3-8-6/h2-4,10H,1H2,(H,7,8)/b9-5+. The average molecular weight is 137 g/mol. The summed E-state index contributed by atoms with van der Waals surface area (Å²) in [5.74, 6) is 0.299. The second-order valence-electron chi connectivity index (χ2n) is 2.35. The van der Waals surface area contributed by atoms with Crippen LogP contribution in [0, 0.1) is 0 Å². The van der Waals surface area contributed by atoms with Gasteiger partial charge in [0.15, 0.2) is 0 Å². The molecule has 10 heavy (non-hydrogen) atoms. The second-order valence-corrected chi connectivity index (χ2v) is 2.35. The van der Waals surface area contributed by atoms with E-state index in [1.165, 1.54) is 0 Å². The van der Waals surface area contributed by atoms with Crippen molar-refractivity contribution in [1.82, 2.24) is 9.97 Å². The number of aromatic nitrogens is 2. The molecule has 1 aliphatic carbocycles. The summed E-state index contributed by atoms with van der Waals surface area (Å²) in [4.78, 5) is 6.82. The predicted octanol–water partition coefficient (Wildman–Crippen LogP) is 0.727. The molecule has 0 radical (unpaired) electrons. The van der Waals surface area contributed by atoms with E-state index < -0.39 is 0 Å². The summed E-state index contributed by atoms with van der Waals surface area (Å²) in [7, 11) is 0. The van der Waals surface area contributed by atoms with Crippen LogP contribution in [0.5, 0.6) is 0 Å². The fourth-order valence-corrected chi connectivity index (χ4v) is 1.01. The Morgan fingerprint density at radius 2 is 2.70 bits per heavy atom. The van der Waals surface area contributed by atoms with Crippen molar-refractivity contribution in [3.8, 4) is 0 Å². The van der Waals surface area contributed by atoms with Crippen LogP contribution in [0.4, 0.5) is 0 Å². The van der Waals surface area contributed by atoms with Crippen LogP contribution in [0.25, 0.3) is 0 Å². The monoisotopic (exact) mass is 137 g/mol. The van der Waals surface area contributed by atoms with Gasteiger partial charge in [0.2, 0.25) is 0 Å². The first-order valence-electron chi connectivity index (χ1n) is 3.11. The lowest BCUT2D eigenvalue weighted by atomic mass is 10.3. The zero-order valence-corrected chi connectivity index (χ0v) is 5.28. The highest BCUT2D eigenvalue weighted by molar-refractivity contribution is 6.05. The van der Waals surface area contributed by atoms with Gasteiger partial charge < -0.3 is 10.2 Å². The van der Waals surface area contributed by atoms with Crippen LogP contribution < -0.4 is 0 Å². The van der Waals surface area contributed by atoms with E-state index in [1.54, 1.807) is 12.5 Å². The van der Waals surface area contributed by atoms with Crippen LogP contribution in [-0.2, 0) is 0 Å². The maximum atomic E-state index is 8.33. The topological polar surface area (TPSA) is 61.3 Å². The molecule has 1 unspecified atom stereocenters. The lowest BCUT2D eigenvalue weighted by Gasteiger charge is -1.83. The van der Waals surface area contributed by atoms with Gasteiger partial charge in [-0.05, 0) is 0 Å². The molecule has 1 aliphatic rings. The van der Waals surface area contributed by atoms with E-state index in [9.17, 15) is 0 Å². The van der Waals surface area contributed by atoms with E-state index in [1.807, 2.05) is 0 Å². The second kappa shape index (κ2) is 1.83. The molecule has 1 aromatic rings. The highest BCUT2D eigenvalue weighted by Crippen LogP contribution is 2.35. The Bertz CT molecular complexity index is 252. The molecule has 1 atom stereocenters. The van der Waals surface area contributed by atoms with E-state index >= 15 is 0 Å². The van der Waals surface area contributed by atoms with Gasteiger partial charge in [-0.3, -0.25) is 0 Å². The summed E-state index contributed by atoms with van der Waals surface area (Å²) in [6.45, 7) is 0. The Morgan fingerprint density at radius 3 is 3.20 bits per heavy atom. The smallest absolute Gasteiger partial charge is 0.0921 e. The number of aromatic amines is 1.